The van der Waals surface area contributed by atoms with Gasteiger partial charge in [0.05, 0.1) is 0 Å². The van der Waals surface area contributed by atoms with E-state index in [1.807, 2.05) is 0 Å². The fourth-order valence-corrected chi connectivity index (χ4v) is 3.03. The quantitative estimate of drug-likeness (QED) is 0.848. The molecular weight excluding hydrogens is 244 g/mol. The maximum absolute atomic E-state index is 3.73. The van der Waals surface area contributed by atoms with Crippen molar-refractivity contribution in [3.8, 4) is 0 Å². The first kappa shape index (κ1) is 15.5. The molecule has 0 amide bonds. The molecule has 1 unspecified atom stereocenters. The van der Waals surface area contributed by atoms with Crippen LogP contribution < -0.4 is 5.32 Å². The maximum Gasteiger partial charge on any atom is 0.0240 e. The third kappa shape index (κ3) is 4.07. The number of nitrogens with one attached hydrogen (secondary N) is 1. The zero-order valence-corrected chi connectivity index (χ0v) is 13.6. The zero-order valence-electron chi connectivity index (χ0n) is 13.6. The Hall–Kier alpha value is -0.860. The van der Waals surface area contributed by atoms with Gasteiger partial charge in [0.15, 0.2) is 0 Å². The van der Waals surface area contributed by atoms with Gasteiger partial charge in [0.25, 0.3) is 0 Å². The van der Waals surface area contributed by atoms with Crippen LogP contribution in [-0.4, -0.2) is 24.0 Å². The van der Waals surface area contributed by atoms with Crippen LogP contribution in [0.2, 0.25) is 0 Å². The molecule has 1 aliphatic heterocycles. The molecule has 0 bridgehead atoms. The van der Waals surface area contributed by atoms with Gasteiger partial charge in [0.1, 0.15) is 0 Å². The van der Waals surface area contributed by atoms with Crippen molar-refractivity contribution < 1.29 is 0 Å². The summed E-state index contributed by atoms with van der Waals surface area (Å²) in [5.41, 5.74) is 3.37. The third-order valence-corrected chi connectivity index (χ3v) is 4.33. The molecule has 0 radical (unpaired) electrons. The van der Waals surface area contributed by atoms with Gasteiger partial charge in [-0.2, -0.15) is 0 Å². The van der Waals surface area contributed by atoms with E-state index >= 15 is 0 Å². The fourth-order valence-electron chi connectivity index (χ4n) is 3.03. The molecule has 112 valence electrons. The molecule has 0 fully saturated rings. The molecule has 2 nitrogen and oxygen atoms in total. The van der Waals surface area contributed by atoms with Gasteiger partial charge < -0.3 is 5.32 Å². The Balaban J connectivity index is 1.85. The summed E-state index contributed by atoms with van der Waals surface area (Å²) >= 11 is 0. The largest absolute Gasteiger partial charge is 0.313 e. The Kier molecular flexibility index (Phi) is 5.22. The van der Waals surface area contributed by atoms with E-state index in [4.69, 9.17) is 0 Å². The highest BCUT2D eigenvalue weighted by molar-refractivity contribution is 5.30. The number of hydrogen-bond donors (Lipinski definition) is 1. The monoisotopic (exact) mass is 274 g/mol. The van der Waals surface area contributed by atoms with Crippen molar-refractivity contribution in [2.75, 3.05) is 13.1 Å². The Morgan fingerprint density at radius 1 is 1.15 bits per heavy atom. The molecule has 0 saturated heterocycles. The molecule has 1 aromatic rings. The molecule has 1 aliphatic rings. The molecule has 20 heavy (non-hydrogen) atoms. The van der Waals surface area contributed by atoms with Crippen LogP contribution >= 0.6 is 0 Å². The van der Waals surface area contributed by atoms with Gasteiger partial charge >= 0.3 is 0 Å². The number of rotatable bonds is 6. The van der Waals surface area contributed by atoms with E-state index in [1.54, 1.807) is 0 Å². The Morgan fingerprint density at radius 3 is 2.25 bits per heavy atom. The van der Waals surface area contributed by atoms with E-state index in [1.165, 1.54) is 30.5 Å². The minimum atomic E-state index is 0.335. The van der Waals surface area contributed by atoms with E-state index in [0.717, 1.165) is 19.6 Å². The molecule has 1 N–H and O–H groups in total. The fraction of sp³-hybridized carbons (Fsp3) is 0.667. The second-order valence-corrected chi connectivity index (χ2v) is 7.14. The second kappa shape index (κ2) is 6.73. The van der Waals surface area contributed by atoms with Gasteiger partial charge in [0.2, 0.25) is 0 Å². The van der Waals surface area contributed by atoms with E-state index in [0.29, 0.717) is 11.5 Å². The summed E-state index contributed by atoms with van der Waals surface area (Å²) in [5.74, 6) is 0. The number of benzene rings is 1. The summed E-state index contributed by atoms with van der Waals surface area (Å²) in [4.78, 5) is 2.58. The number of nitrogens with zero attached hydrogens (tertiary/aromatic N) is 1. The zero-order chi connectivity index (χ0) is 14.6. The van der Waals surface area contributed by atoms with Crippen LogP contribution in [0.4, 0.5) is 0 Å². The average molecular weight is 274 g/mol. The summed E-state index contributed by atoms with van der Waals surface area (Å²) in [6, 6.07) is 9.45. The standard InChI is InChI=1S/C18H30N2/c1-5-11-19-17(18(2,3)4)10-12-20-13-15-8-6-7-9-16(15)14-20/h6-9,17,19H,5,10-14H2,1-4H3. The first-order valence-corrected chi connectivity index (χ1v) is 8.03. The summed E-state index contributed by atoms with van der Waals surface area (Å²) < 4.78 is 0. The number of fused-ring (bicyclic) bond motifs is 1. The smallest absolute Gasteiger partial charge is 0.0240 e. The molecule has 0 aliphatic carbocycles. The van der Waals surface area contributed by atoms with Crippen molar-refractivity contribution in [1.82, 2.24) is 10.2 Å². The van der Waals surface area contributed by atoms with Crippen molar-refractivity contribution in [3.63, 3.8) is 0 Å². The lowest BCUT2D eigenvalue weighted by atomic mass is 9.84. The molecule has 0 spiro atoms. The second-order valence-electron chi connectivity index (χ2n) is 7.14. The Morgan fingerprint density at radius 2 is 1.75 bits per heavy atom. The van der Waals surface area contributed by atoms with Gasteiger partial charge in [-0.1, -0.05) is 52.0 Å². The molecule has 1 heterocycles. The SMILES string of the molecule is CCCNC(CCN1Cc2ccccc2C1)C(C)(C)C. The summed E-state index contributed by atoms with van der Waals surface area (Å²) in [6.45, 7) is 13.8. The average Bonchev–Trinajstić information content (AvgIpc) is 2.79. The minimum Gasteiger partial charge on any atom is -0.313 e. The lowest BCUT2D eigenvalue weighted by molar-refractivity contribution is 0.205. The predicted molar refractivity (Wildman–Crippen MR) is 86.7 cm³/mol. The van der Waals surface area contributed by atoms with Crippen LogP contribution in [0.15, 0.2) is 24.3 Å². The van der Waals surface area contributed by atoms with Crippen LogP contribution in [0, 0.1) is 5.41 Å². The molecule has 0 saturated carbocycles. The van der Waals surface area contributed by atoms with Gasteiger partial charge in [-0.25, -0.2) is 0 Å². The molecule has 2 rings (SSSR count). The third-order valence-electron chi connectivity index (χ3n) is 4.33. The highest BCUT2D eigenvalue weighted by atomic mass is 15.1. The normalized spacial score (nSPS) is 17.2. The van der Waals surface area contributed by atoms with Crippen molar-refractivity contribution in [2.24, 2.45) is 5.41 Å². The molecule has 1 atom stereocenters. The Labute approximate surface area is 124 Å². The van der Waals surface area contributed by atoms with Gasteiger partial charge in [-0.3, -0.25) is 4.90 Å². The molecule has 1 aromatic carbocycles. The van der Waals surface area contributed by atoms with E-state index in [9.17, 15) is 0 Å². The highest BCUT2D eigenvalue weighted by Gasteiger charge is 2.25. The van der Waals surface area contributed by atoms with Crippen molar-refractivity contribution >= 4 is 0 Å². The van der Waals surface area contributed by atoms with Crippen LogP contribution in [0.1, 0.15) is 51.7 Å². The van der Waals surface area contributed by atoms with Gasteiger partial charge in [-0.05, 0) is 35.9 Å². The van der Waals surface area contributed by atoms with Crippen LogP contribution in [0.5, 0.6) is 0 Å². The molecular formula is C18H30N2. The highest BCUT2D eigenvalue weighted by Crippen LogP contribution is 2.25. The molecule has 0 aromatic heterocycles. The van der Waals surface area contributed by atoms with Crippen molar-refractivity contribution in [1.29, 1.82) is 0 Å². The summed E-state index contributed by atoms with van der Waals surface area (Å²) in [5, 5.41) is 3.73. The van der Waals surface area contributed by atoms with Gasteiger partial charge in [0, 0.05) is 25.7 Å². The predicted octanol–water partition coefficient (Wildman–Crippen LogP) is 3.81. The Bertz CT molecular complexity index is 395. The van der Waals surface area contributed by atoms with Crippen LogP contribution in [0.25, 0.3) is 0 Å². The van der Waals surface area contributed by atoms with E-state index in [-0.39, 0.29) is 0 Å². The first-order valence-electron chi connectivity index (χ1n) is 8.03. The summed E-state index contributed by atoms with van der Waals surface area (Å²) in [7, 11) is 0. The van der Waals surface area contributed by atoms with E-state index < -0.39 is 0 Å². The lowest BCUT2D eigenvalue weighted by Crippen LogP contribution is -2.42. The topological polar surface area (TPSA) is 15.3 Å². The lowest BCUT2D eigenvalue weighted by Gasteiger charge is -2.33. The van der Waals surface area contributed by atoms with Crippen LogP contribution in [-0.2, 0) is 13.1 Å². The number of hydrogen-bond acceptors (Lipinski definition) is 2. The minimum absolute atomic E-state index is 0.335. The van der Waals surface area contributed by atoms with Crippen molar-refractivity contribution in [2.45, 2.75) is 59.7 Å². The van der Waals surface area contributed by atoms with Gasteiger partial charge in [-0.15, -0.1) is 0 Å². The molecule has 2 heteroatoms. The van der Waals surface area contributed by atoms with E-state index in [2.05, 4.69) is 62.2 Å². The first-order chi connectivity index (χ1) is 9.50. The summed E-state index contributed by atoms with van der Waals surface area (Å²) in [6.07, 6.45) is 2.44. The maximum atomic E-state index is 3.73. The van der Waals surface area contributed by atoms with Crippen molar-refractivity contribution in [3.05, 3.63) is 35.4 Å². The van der Waals surface area contributed by atoms with Crippen LogP contribution in [0.3, 0.4) is 0 Å².